The van der Waals surface area contributed by atoms with E-state index in [1.54, 1.807) is 6.92 Å². The third-order valence-corrected chi connectivity index (χ3v) is 3.05. The molecule has 0 aliphatic carbocycles. The van der Waals surface area contributed by atoms with Gasteiger partial charge >= 0.3 is 11.8 Å². The second-order valence-corrected chi connectivity index (χ2v) is 4.37. The Bertz CT molecular complexity index is 539. The van der Waals surface area contributed by atoms with Crippen LogP contribution in [0.15, 0.2) is 6.20 Å². The molecule has 20 heavy (non-hydrogen) atoms. The monoisotopic (exact) mass is 284 g/mol. The summed E-state index contributed by atoms with van der Waals surface area (Å²) in [6.07, 6.45) is 1.30. The molecule has 1 unspecified atom stereocenters. The second-order valence-electron chi connectivity index (χ2n) is 4.37. The number of carboxylic acid groups (broad SMARTS) is 1. The molecule has 1 N–H and O–H groups in total. The highest BCUT2D eigenvalue weighted by molar-refractivity contribution is 5.83. The van der Waals surface area contributed by atoms with Crippen LogP contribution in [-0.4, -0.2) is 49.4 Å². The molecular weight excluding hydrogens is 268 g/mol. The van der Waals surface area contributed by atoms with E-state index in [2.05, 4.69) is 4.98 Å². The fraction of sp³-hybridized carbons (Fsp3) is 0.545. The molecule has 0 saturated heterocycles. The minimum absolute atomic E-state index is 0.0441. The Morgan fingerprint density at radius 2 is 2.20 bits per heavy atom. The number of carbonyl (C=O) groups excluding carboxylic acids is 1. The normalized spacial score (nSPS) is 11.9. The van der Waals surface area contributed by atoms with Gasteiger partial charge in [0.1, 0.15) is 12.2 Å². The number of likely N-dealkylation sites (N-methyl/N-ethyl adjacent to an activating group) is 1. The third kappa shape index (κ3) is 3.53. The summed E-state index contributed by atoms with van der Waals surface area (Å²) in [6.45, 7) is 3.22. The summed E-state index contributed by atoms with van der Waals surface area (Å²) in [5, 5.41) is 19.4. The summed E-state index contributed by atoms with van der Waals surface area (Å²) in [6, 6.07) is -0.916. The van der Waals surface area contributed by atoms with Gasteiger partial charge in [0.2, 0.25) is 11.7 Å². The highest BCUT2D eigenvalue weighted by atomic mass is 16.6. The van der Waals surface area contributed by atoms with Crippen molar-refractivity contribution in [1.82, 2.24) is 14.5 Å². The van der Waals surface area contributed by atoms with E-state index in [4.69, 9.17) is 5.11 Å². The number of carboxylic acids is 1. The van der Waals surface area contributed by atoms with E-state index in [0.29, 0.717) is 5.82 Å². The first-order valence-electron chi connectivity index (χ1n) is 5.90. The summed E-state index contributed by atoms with van der Waals surface area (Å²) in [5.74, 6) is -1.29. The predicted molar refractivity (Wildman–Crippen MR) is 68.1 cm³/mol. The lowest BCUT2D eigenvalue weighted by Crippen LogP contribution is -2.40. The number of nitro groups is 1. The van der Waals surface area contributed by atoms with Crippen LogP contribution in [0.5, 0.6) is 0 Å². The van der Waals surface area contributed by atoms with Crippen molar-refractivity contribution in [2.24, 2.45) is 0 Å². The van der Waals surface area contributed by atoms with E-state index >= 15 is 0 Å². The number of nitrogens with zero attached hydrogens (tertiary/aromatic N) is 4. The van der Waals surface area contributed by atoms with Crippen molar-refractivity contribution in [2.45, 2.75) is 32.9 Å². The van der Waals surface area contributed by atoms with Crippen molar-refractivity contribution >= 4 is 17.7 Å². The maximum Gasteiger partial charge on any atom is 0.381 e. The van der Waals surface area contributed by atoms with Gasteiger partial charge in [-0.1, -0.05) is 0 Å². The van der Waals surface area contributed by atoms with Gasteiger partial charge in [-0.15, -0.1) is 0 Å². The summed E-state index contributed by atoms with van der Waals surface area (Å²) >= 11 is 0. The van der Waals surface area contributed by atoms with Gasteiger partial charge in [0.05, 0.1) is 0 Å². The van der Waals surface area contributed by atoms with Crippen LogP contribution in [-0.2, 0) is 16.1 Å². The molecule has 0 bridgehead atoms. The van der Waals surface area contributed by atoms with Gasteiger partial charge < -0.3 is 24.7 Å². The maximum atomic E-state index is 11.8. The molecule has 1 heterocycles. The smallest absolute Gasteiger partial charge is 0.381 e. The van der Waals surface area contributed by atoms with Crippen LogP contribution in [0.3, 0.4) is 0 Å². The Morgan fingerprint density at radius 3 is 2.65 bits per heavy atom. The number of rotatable bonds is 6. The first-order valence-corrected chi connectivity index (χ1v) is 5.90. The third-order valence-electron chi connectivity index (χ3n) is 3.05. The van der Waals surface area contributed by atoms with Crippen LogP contribution in [0.1, 0.15) is 19.2 Å². The lowest BCUT2D eigenvalue weighted by molar-refractivity contribution is -0.389. The van der Waals surface area contributed by atoms with Crippen LogP contribution in [0.2, 0.25) is 0 Å². The fourth-order valence-electron chi connectivity index (χ4n) is 1.58. The Labute approximate surface area is 115 Å². The molecule has 0 radical (unpaired) electrons. The lowest BCUT2D eigenvalue weighted by atomic mass is 10.2. The zero-order chi connectivity index (χ0) is 15.4. The summed E-state index contributed by atoms with van der Waals surface area (Å²) in [7, 11) is 1.41. The molecule has 9 heteroatoms. The first-order chi connectivity index (χ1) is 9.23. The molecule has 9 nitrogen and oxygen atoms in total. The van der Waals surface area contributed by atoms with Crippen molar-refractivity contribution in [3.8, 4) is 0 Å². The van der Waals surface area contributed by atoms with Crippen molar-refractivity contribution < 1.29 is 19.6 Å². The molecule has 110 valence electrons. The number of carbonyl (C=O) groups is 2. The molecule has 1 atom stereocenters. The van der Waals surface area contributed by atoms with Gasteiger partial charge in [-0.2, -0.15) is 0 Å². The highest BCUT2D eigenvalue weighted by Crippen LogP contribution is 2.11. The van der Waals surface area contributed by atoms with E-state index in [9.17, 15) is 19.7 Å². The van der Waals surface area contributed by atoms with E-state index in [1.165, 1.54) is 24.7 Å². The van der Waals surface area contributed by atoms with Gasteiger partial charge in [0, 0.05) is 26.9 Å². The second kappa shape index (κ2) is 6.13. The van der Waals surface area contributed by atoms with Crippen molar-refractivity contribution in [2.75, 3.05) is 7.05 Å². The first kappa shape index (κ1) is 15.6. The number of hydrogen-bond acceptors (Lipinski definition) is 5. The quantitative estimate of drug-likeness (QED) is 0.597. The van der Waals surface area contributed by atoms with Gasteiger partial charge in [0.25, 0.3) is 0 Å². The Hall–Kier alpha value is -2.45. The van der Waals surface area contributed by atoms with Crippen LogP contribution in [0, 0.1) is 17.0 Å². The molecule has 0 spiro atoms. The number of hydrogen-bond donors (Lipinski definition) is 1. The van der Waals surface area contributed by atoms with E-state index in [-0.39, 0.29) is 24.7 Å². The number of aliphatic carboxylic acids is 1. The van der Waals surface area contributed by atoms with Crippen LogP contribution in [0.4, 0.5) is 5.82 Å². The average molecular weight is 284 g/mol. The molecule has 0 saturated carbocycles. The SMILES string of the molecule is Cc1nc([N+](=O)[O-])cn1CCC(=O)N(C)C(C)C(=O)O. The molecular formula is C11H16N4O5. The van der Waals surface area contributed by atoms with E-state index in [1.807, 2.05) is 0 Å². The summed E-state index contributed by atoms with van der Waals surface area (Å²) in [4.78, 5) is 37.4. The van der Waals surface area contributed by atoms with Gasteiger partial charge in [-0.3, -0.25) is 4.79 Å². The van der Waals surface area contributed by atoms with Gasteiger partial charge in [0.15, 0.2) is 0 Å². The largest absolute Gasteiger partial charge is 0.480 e. The van der Waals surface area contributed by atoms with E-state index < -0.39 is 16.9 Å². The molecule has 0 aliphatic rings. The Morgan fingerprint density at radius 1 is 1.60 bits per heavy atom. The Kier molecular flexibility index (Phi) is 4.78. The van der Waals surface area contributed by atoms with Gasteiger partial charge in [-0.05, 0) is 16.8 Å². The summed E-state index contributed by atoms with van der Waals surface area (Å²) in [5.41, 5.74) is 0. The van der Waals surface area contributed by atoms with Crippen LogP contribution in [0.25, 0.3) is 0 Å². The van der Waals surface area contributed by atoms with Crippen LogP contribution < -0.4 is 0 Å². The lowest BCUT2D eigenvalue weighted by Gasteiger charge is -2.21. The number of amides is 1. The van der Waals surface area contributed by atoms with E-state index in [0.717, 1.165) is 4.90 Å². The molecule has 1 amide bonds. The number of imidazole rings is 1. The molecule has 1 aromatic rings. The molecule has 1 aromatic heterocycles. The molecule has 0 aromatic carbocycles. The predicted octanol–water partition coefficient (Wildman–Crippen LogP) is 0.421. The standard InChI is InChI=1S/C11H16N4O5/c1-7(11(17)18)13(3)10(16)4-5-14-6-9(15(19)20)12-8(14)2/h6-7H,4-5H2,1-3H3,(H,17,18). The van der Waals surface area contributed by atoms with Gasteiger partial charge in [-0.25, -0.2) is 4.79 Å². The molecule has 1 rings (SSSR count). The molecule has 0 aliphatic heterocycles. The fourth-order valence-corrected chi connectivity index (χ4v) is 1.58. The topological polar surface area (TPSA) is 119 Å². The maximum absolute atomic E-state index is 11.8. The van der Waals surface area contributed by atoms with Crippen LogP contribution >= 0.6 is 0 Å². The minimum atomic E-state index is -1.09. The minimum Gasteiger partial charge on any atom is -0.480 e. The average Bonchev–Trinajstić information content (AvgIpc) is 2.75. The highest BCUT2D eigenvalue weighted by Gasteiger charge is 2.22. The Balaban J connectivity index is 2.65. The number of aromatic nitrogens is 2. The molecule has 0 fully saturated rings. The van der Waals surface area contributed by atoms with Crippen molar-refractivity contribution in [3.63, 3.8) is 0 Å². The number of aryl methyl sites for hydroxylation is 2. The zero-order valence-corrected chi connectivity index (χ0v) is 11.4. The zero-order valence-electron chi connectivity index (χ0n) is 11.4. The summed E-state index contributed by atoms with van der Waals surface area (Å²) < 4.78 is 1.50. The van der Waals surface area contributed by atoms with Crippen molar-refractivity contribution in [1.29, 1.82) is 0 Å². The van der Waals surface area contributed by atoms with Crippen molar-refractivity contribution in [3.05, 3.63) is 22.1 Å².